The fourth-order valence-electron chi connectivity index (χ4n) is 2.01. The van der Waals surface area contributed by atoms with Crippen LogP contribution >= 0.6 is 11.3 Å². The summed E-state index contributed by atoms with van der Waals surface area (Å²) in [5.74, 6) is 0. The molecule has 0 unspecified atom stereocenters. The molecule has 116 valence electrons. The summed E-state index contributed by atoms with van der Waals surface area (Å²) in [6.45, 7) is 7.29. The summed E-state index contributed by atoms with van der Waals surface area (Å²) in [5, 5.41) is 11.7. The largest absolute Gasteiger partial charge is 0.312 e. The molecule has 0 saturated heterocycles. The highest BCUT2D eigenvalue weighted by Gasteiger charge is 2.22. The molecule has 0 aromatic carbocycles. The van der Waals surface area contributed by atoms with Crippen LogP contribution in [0.15, 0.2) is 16.5 Å². The maximum Gasteiger partial charge on any atom is 0.242 e. The highest BCUT2D eigenvalue weighted by atomic mass is 32.2. The highest BCUT2D eigenvalue weighted by molar-refractivity contribution is 7.89. The normalized spacial score (nSPS) is 12.0. The van der Waals surface area contributed by atoms with Crippen molar-refractivity contribution >= 4 is 21.4 Å². The van der Waals surface area contributed by atoms with Crippen molar-refractivity contribution in [2.45, 2.75) is 38.8 Å². The van der Waals surface area contributed by atoms with Crippen molar-refractivity contribution < 1.29 is 8.42 Å². The van der Waals surface area contributed by atoms with Gasteiger partial charge in [0.1, 0.15) is 4.90 Å². The number of nitrogens with zero attached hydrogens (tertiary/aromatic N) is 1. The predicted molar refractivity (Wildman–Crippen MR) is 83.8 cm³/mol. The summed E-state index contributed by atoms with van der Waals surface area (Å²) in [7, 11) is -3.52. The maximum atomic E-state index is 12.5. The number of thiophene rings is 1. The molecular formula is C13H20N4O2S2. The molecule has 2 heterocycles. The fraction of sp³-hybridized carbons (Fsp3) is 0.462. The minimum atomic E-state index is -3.52. The highest BCUT2D eigenvalue weighted by Crippen LogP contribution is 2.26. The van der Waals surface area contributed by atoms with E-state index >= 15 is 0 Å². The number of aromatic amines is 1. The molecule has 0 bridgehead atoms. The number of hydrogen-bond donors (Lipinski definition) is 3. The summed E-state index contributed by atoms with van der Waals surface area (Å²) in [5.41, 5.74) is 2.50. The van der Waals surface area contributed by atoms with Crippen molar-refractivity contribution in [2.75, 3.05) is 6.54 Å². The molecule has 6 nitrogen and oxygen atoms in total. The Labute approximate surface area is 129 Å². The van der Waals surface area contributed by atoms with E-state index in [2.05, 4.69) is 20.2 Å². The van der Waals surface area contributed by atoms with Crippen molar-refractivity contribution in [1.29, 1.82) is 0 Å². The van der Waals surface area contributed by atoms with Crippen LogP contribution in [0.3, 0.4) is 0 Å². The number of nitrogens with one attached hydrogen (secondary N) is 3. The molecule has 2 rings (SSSR count). The summed E-state index contributed by atoms with van der Waals surface area (Å²) in [4.78, 5) is 1.24. The lowest BCUT2D eigenvalue weighted by atomic mass is 10.3. The number of aromatic nitrogens is 2. The molecule has 2 aromatic rings. The molecule has 3 N–H and O–H groups in total. The number of rotatable bonds is 7. The van der Waals surface area contributed by atoms with Gasteiger partial charge in [0.05, 0.1) is 6.20 Å². The van der Waals surface area contributed by atoms with E-state index < -0.39 is 10.0 Å². The minimum Gasteiger partial charge on any atom is -0.312 e. The fourth-order valence-corrected chi connectivity index (χ4v) is 4.79. The zero-order valence-electron chi connectivity index (χ0n) is 12.4. The van der Waals surface area contributed by atoms with Crippen LogP contribution in [0.4, 0.5) is 0 Å². The monoisotopic (exact) mass is 328 g/mol. The molecule has 8 heteroatoms. The van der Waals surface area contributed by atoms with Gasteiger partial charge in [0.2, 0.25) is 10.0 Å². The molecule has 2 aromatic heterocycles. The first-order valence-corrected chi connectivity index (χ1v) is 9.08. The lowest BCUT2D eigenvalue weighted by Gasteiger charge is -2.09. The second-order valence-electron chi connectivity index (χ2n) is 4.80. The molecule has 21 heavy (non-hydrogen) atoms. The lowest BCUT2D eigenvalue weighted by Crippen LogP contribution is -2.25. The predicted octanol–water partition coefficient (Wildman–Crippen LogP) is 1.68. The third-order valence-electron chi connectivity index (χ3n) is 3.18. The van der Waals surface area contributed by atoms with Gasteiger partial charge < -0.3 is 5.32 Å². The number of hydrogen-bond acceptors (Lipinski definition) is 5. The Morgan fingerprint density at radius 2 is 2.10 bits per heavy atom. The second-order valence-corrected chi connectivity index (χ2v) is 7.46. The Morgan fingerprint density at radius 3 is 2.71 bits per heavy atom. The summed E-state index contributed by atoms with van der Waals surface area (Å²) >= 11 is 1.47. The first-order chi connectivity index (χ1) is 9.95. The molecule has 0 amide bonds. The van der Waals surface area contributed by atoms with Crippen molar-refractivity contribution in [2.24, 2.45) is 0 Å². The van der Waals surface area contributed by atoms with E-state index in [-0.39, 0.29) is 6.54 Å². The van der Waals surface area contributed by atoms with Crippen LogP contribution in [0.25, 0.3) is 0 Å². The molecule has 0 fully saturated rings. The molecule has 0 aliphatic rings. The van der Waals surface area contributed by atoms with Gasteiger partial charge in [0.25, 0.3) is 0 Å². The third kappa shape index (κ3) is 3.70. The van der Waals surface area contributed by atoms with Gasteiger partial charge in [-0.2, -0.15) is 5.10 Å². The lowest BCUT2D eigenvalue weighted by molar-refractivity contribution is 0.579. The van der Waals surface area contributed by atoms with Crippen molar-refractivity contribution in [3.05, 3.63) is 33.3 Å². The Morgan fingerprint density at radius 1 is 1.33 bits per heavy atom. The average molecular weight is 328 g/mol. The van der Waals surface area contributed by atoms with Crippen LogP contribution in [0, 0.1) is 13.8 Å². The molecular weight excluding hydrogens is 308 g/mol. The zero-order valence-corrected chi connectivity index (χ0v) is 14.0. The van der Waals surface area contributed by atoms with E-state index in [0.717, 1.165) is 28.2 Å². The SMILES string of the molecule is CCNCc1scc(C)c1S(=O)(=O)NCc1cn[nH]c1C. The standard InChI is InChI=1S/C13H20N4O2S2/c1-4-14-7-12-13(9(2)8-20-12)21(18,19)16-6-11-5-15-17-10(11)3/h5,8,14,16H,4,6-7H2,1-3H3,(H,15,17). The molecule has 0 aliphatic carbocycles. The van der Waals surface area contributed by atoms with E-state index in [4.69, 9.17) is 0 Å². The molecule has 0 saturated carbocycles. The smallest absolute Gasteiger partial charge is 0.242 e. The number of sulfonamides is 1. The van der Waals surface area contributed by atoms with Crippen molar-refractivity contribution in [3.8, 4) is 0 Å². The summed E-state index contributed by atoms with van der Waals surface area (Å²) in [6, 6.07) is 0. The van der Waals surface area contributed by atoms with E-state index in [0.29, 0.717) is 11.4 Å². The average Bonchev–Trinajstić information content (AvgIpc) is 3.00. The van der Waals surface area contributed by atoms with Gasteiger partial charge in [-0.15, -0.1) is 11.3 Å². The Balaban J connectivity index is 2.19. The minimum absolute atomic E-state index is 0.237. The van der Waals surface area contributed by atoms with Crippen LogP contribution in [0.2, 0.25) is 0 Å². The van der Waals surface area contributed by atoms with E-state index in [1.54, 1.807) is 6.20 Å². The van der Waals surface area contributed by atoms with Gasteiger partial charge in [-0.25, -0.2) is 13.1 Å². The van der Waals surface area contributed by atoms with Gasteiger partial charge >= 0.3 is 0 Å². The Bertz CT molecular complexity index is 704. The topological polar surface area (TPSA) is 86.9 Å². The third-order valence-corrected chi connectivity index (χ3v) is 6.04. The molecule has 0 atom stereocenters. The first kappa shape index (κ1) is 16.2. The van der Waals surface area contributed by atoms with Crippen LogP contribution < -0.4 is 10.0 Å². The van der Waals surface area contributed by atoms with Gasteiger partial charge in [0, 0.05) is 29.2 Å². The molecule has 0 aliphatic heterocycles. The Hall–Kier alpha value is -1.22. The van der Waals surface area contributed by atoms with Gasteiger partial charge in [-0.1, -0.05) is 6.92 Å². The quantitative estimate of drug-likeness (QED) is 0.721. The first-order valence-electron chi connectivity index (χ1n) is 6.72. The zero-order chi connectivity index (χ0) is 15.5. The van der Waals surface area contributed by atoms with Crippen LogP contribution in [-0.2, 0) is 23.1 Å². The van der Waals surface area contributed by atoms with Gasteiger partial charge in [-0.3, -0.25) is 5.10 Å². The van der Waals surface area contributed by atoms with Crippen molar-refractivity contribution in [1.82, 2.24) is 20.2 Å². The van der Waals surface area contributed by atoms with Gasteiger partial charge in [-0.05, 0) is 31.3 Å². The molecule has 0 spiro atoms. The van der Waals surface area contributed by atoms with Crippen LogP contribution in [-0.4, -0.2) is 25.2 Å². The second kappa shape index (κ2) is 6.69. The summed E-state index contributed by atoms with van der Waals surface area (Å²) in [6.07, 6.45) is 1.64. The maximum absolute atomic E-state index is 12.5. The van der Waals surface area contributed by atoms with Crippen LogP contribution in [0.1, 0.15) is 28.6 Å². The summed E-state index contributed by atoms with van der Waals surface area (Å²) < 4.78 is 27.7. The van der Waals surface area contributed by atoms with E-state index in [1.165, 1.54) is 11.3 Å². The van der Waals surface area contributed by atoms with E-state index in [9.17, 15) is 8.42 Å². The molecule has 0 radical (unpaired) electrons. The van der Waals surface area contributed by atoms with Crippen molar-refractivity contribution in [3.63, 3.8) is 0 Å². The van der Waals surface area contributed by atoms with E-state index in [1.807, 2.05) is 26.2 Å². The van der Waals surface area contributed by atoms with Crippen LogP contribution in [0.5, 0.6) is 0 Å². The number of H-pyrrole nitrogens is 1. The van der Waals surface area contributed by atoms with Gasteiger partial charge in [0.15, 0.2) is 0 Å². The Kier molecular flexibility index (Phi) is 5.15. The number of aryl methyl sites for hydroxylation is 2.